The van der Waals surface area contributed by atoms with Gasteiger partial charge in [-0.3, -0.25) is 0 Å². The van der Waals surface area contributed by atoms with Crippen molar-refractivity contribution < 1.29 is 19.7 Å². The lowest BCUT2D eigenvalue weighted by molar-refractivity contribution is -0.144. The van der Waals surface area contributed by atoms with E-state index in [9.17, 15) is 10.2 Å². The van der Waals surface area contributed by atoms with Gasteiger partial charge in [-0.05, 0) is 6.42 Å². The normalized spacial score (nSPS) is 30.0. The Morgan fingerprint density at radius 3 is 3.06 bits per heavy atom. The molecule has 3 atom stereocenters. The van der Waals surface area contributed by atoms with E-state index in [4.69, 9.17) is 9.47 Å². The highest BCUT2D eigenvalue weighted by Crippen LogP contribution is 2.16. The summed E-state index contributed by atoms with van der Waals surface area (Å²) in [7, 11) is 0. The first-order valence-corrected chi connectivity index (χ1v) is 5.14. The Hall–Kier alpha value is -1.24. The van der Waals surface area contributed by atoms with Gasteiger partial charge in [0, 0.05) is 12.7 Å². The first-order valence-electron chi connectivity index (χ1n) is 5.14. The third-order valence-electron chi connectivity index (χ3n) is 2.49. The molecule has 3 unspecified atom stereocenters. The number of aromatic nitrogens is 2. The summed E-state index contributed by atoms with van der Waals surface area (Å²) >= 11 is 0. The average Bonchev–Trinajstić information content (AvgIpc) is 2.32. The second-order valence-corrected chi connectivity index (χ2v) is 3.65. The molecular formula is C10H14N2O4. The Kier molecular flexibility index (Phi) is 3.66. The molecule has 16 heavy (non-hydrogen) atoms. The minimum atomic E-state index is -0.899. The molecule has 2 rings (SSSR count). The third kappa shape index (κ3) is 2.66. The van der Waals surface area contributed by atoms with E-state index in [0.29, 0.717) is 18.8 Å². The molecule has 0 amide bonds. The van der Waals surface area contributed by atoms with Crippen molar-refractivity contribution in [3.8, 4) is 5.75 Å². The maximum absolute atomic E-state index is 9.63. The van der Waals surface area contributed by atoms with Gasteiger partial charge in [0.15, 0.2) is 0 Å². The molecule has 0 aliphatic carbocycles. The second-order valence-electron chi connectivity index (χ2n) is 3.65. The van der Waals surface area contributed by atoms with Crippen molar-refractivity contribution in [1.82, 2.24) is 10.2 Å². The summed E-state index contributed by atoms with van der Waals surface area (Å²) in [5.41, 5.74) is 0. The Morgan fingerprint density at radius 2 is 2.31 bits per heavy atom. The Balaban J connectivity index is 1.85. The maximum atomic E-state index is 9.63. The summed E-state index contributed by atoms with van der Waals surface area (Å²) in [6.45, 7) is 0.616. The molecule has 1 aliphatic rings. The molecule has 0 bridgehead atoms. The van der Waals surface area contributed by atoms with Gasteiger partial charge in [0.05, 0.1) is 18.5 Å². The molecule has 2 N–H and O–H groups in total. The van der Waals surface area contributed by atoms with Crippen LogP contribution in [0.3, 0.4) is 0 Å². The van der Waals surface area contributed by atoms with E-state index < -0.39 is 18.3 Å². The van der Waals surface area contributed by atoms with E-state index in [1.54, 1.807) is 6.07 Å². The van der Waals surface area contributed by atoms with Crippen LogP contribution in [0.5, 0.6) is 5.75 Å². The average molecular weight is 226 g/mol. The van der Waals surface area contributed by atoms with E-state index in [-0.39, 0.29) is 6.61 Å². The number of nitrogens with zero attached hydrogens (tertiary/aromatic N) is 2. The van der Waals surface area contributed by atoms with Gasteiger partial charge in [0.25, 0.3) is 0 Å². The Bertz CT molecular complexity index is 322. The molecule has 0 radical (unpaired) electrons. The first-order chi connectivity index (χ1) is 7.77. The van der Waals surface area contributed by atoms with Gasteiger partial charge >= 0.3 is 0 Å². The van der Waals surface area contributed by atoms with Crippen LogP contribution in [-0.2, 0) is 4.74 Å². The molecule has 6 heteroatoms. The van der Waals surface area contributed by atoms with Gasteiger partial charge in [-0.15, -0.1) is 0 Å². The molecule has 88 valence electrons. The number of ether oxygens (including phenoxy) is 2. The van der Waals surface area contributed by atoms with Crippen molar-refractivity contribution in [3.63, 3.8) is 0 Å². The van der Waals surface area contributed by atoms with Gasteiger partial charge in [-0.2, -0.15) is 10.2 Å². The van der Waals surface area contributed by atoms with Gasteiger partial charge < -0.3 is 19.7 Å². The lowest BCUT2D eigenvalue weighted by Crippen LogP contribution is -2.47. The maximum Gasteiger partial charge on any atom is 0.141 e. The summed E-state index contributed by atoms with van der Waals surface area (Å²) in [5.74, 6) is 0.561. The number of aliphatic hydroxyl groups is 2. The van der Waals surface area contributed by atoms with Crippen LogP contribution in [0.1, 0.15) is 6.42 Å². The van der Waals surface area contributed by atoms with E-state index in [1.807, 2.05) is 0 Å². The van der Waals surface area contributed by atoms with E-state index in [0.717, 1.165) is 0 Å². The topological polar surface area (TPSA) is 84.7 Å². The van der Waals surface area contributed by atoms with Gasteiger partial charge in [-0.1, -0.05) is 0 Å². The number of hydrogen-bond acceptors (Lipinski definition) is 6. The third-order valence-corrected chi connectivity index (χ3v) is 2.49. The molecular weight excluding hydrogens is 212 g/mol. The summed E-state index contributed by atoms with van der Waals surface area (Å²) in [6.07, 6.45) is 1.31. The predicted molar refractivity (Wildman–Crippen MR) is 53.9 cm³/mol. The Morgan fingerprint density at radius 1 is 1.44 bits per heavy atom. The monoisotopic (exact) mass is 226 g/mol. The molecule has 1 aromatic rings. The fraction of sp³-hybridized carbons (Fsp3) is 0.600. The van der Waals surface area contributed by atoms with Crippen LogP contribution in [0, 0.1) is 0 Å². The SMILES string of the molecule is OC1CCOC(COc2ccnnc2)C1O. The van der Waals surface area contributed by atoms with Crippen LogP contribution < -0.4 is 4.74 Å². The standard InChI is InChI=1S/C10H14N2O4/c13-8-2-4-15-9(10(8)14)6-16-7-1-3-11-12-5-7/h1,3,5,8-10,13-14H,2,4,6H2. The molecule has 0 spiro atoms. The highest BCUT2D eigenvalue weighted by molar-refractivity contribution is 5.12. The minimum Gasteiger partial charge on any atom is -0.489 e. The first kappa shape index (κ1) is 11.3. The van der Waals surface area contributed by atoms with Gasteiger partial charge in [0.1, 0.15) is 24.6 Å². The minimum absolute atomic E-state index is 0.184. The van der Waals surface area contributed by atoms with Gasteiger partial charge in [-0.25, -0.2) is 0 Å². The van der Waals surface area contributed by atoms with Crippen molar-refractivity contribution in [1.29, 1.82) is 0 Å². The molecule has 1 aromatic heterocycles. The smallest absolute Gasteiger partial charge is 0.141 e. The molecule has 0 aromatic carbocycles. The molecule has 1 aliphatic heterocycles. The number of hydrogen-bond donors (Lipinski definition) is 2. The lowest BCUT2D eigenvalue weighted by atomic mass is 10.0. The number of rotatable bonds is 3. The summed E-state index contributed by atoms with van der Waals surface area (Å²) < 4.78 is 10.7. The van der Waals surface area contributed by atoms with Crippen LogP contribution in [0.2, 0.25) is 0 Å². The fourth-order valence-electron chi connectivity index (χ4n) is 1.55. The van der Waals surface area contributed by atoms with Gasteiger partial charge in [0.2, 0.25) is 0 Å². The summed E-state index contributed by atoms with van der Waals surface area (Å²) in [6, 6.07) is 1.67. The zero-order chi connectivity index (χ0) is 11.4. The van der Waals surface area contributed by atoms with Crippen LogP contribution in [0.25, 0.3) is 0 Å². The zero-order valence-electron chi connectivity index (χ0n) is 8.69. The van der Waals surface area contributed by atoms with E-state index in [2.05, 4.69) is 10.2 Å². The largest absolute Gasteiger partial charge is 0.489 e. The molecule has 6 nitrogen and oxygen atoms in total. The highest BCUT2D eigenvalue weighted by Gasteiger charge is 2.31. The quantitative estimate of drug-likeness (QED) is 0.713. The summed E-state index contributed by atoms with van der Waals surface area (Å²) in [5, 5.41) is 26.3. The van der Waals surface area contributed by atoms with Crippen LogP contribution in [-0.4, -0.2) is 51.9 Å². The van der Waals surface area contributed by atoms with Crippen molar-refractivity contribution in [2.75, 3.05) is 13.2 Å². The predicted octanol–water partition coefficient (Wildman–Crippen LogP) is -0.634. The van der Waals surface area contributed by atoms with E-state index >= 15 is 0 Å². The van der Waals surface area contributed by atoms with Crippen LogP contribution in [0.15, 0.2) is 18.5 Å². The van der Waals surface area contributed by atoms with Crippen molar-refractivity contribution >= 4 is 0 Å². The lowest BCUT2D eigenvalue weighted by Gasteiger charge is -2.31. The fourth-order valence-corrected chi connectivity index (χ4v) is 1.55. The molecule has 0 saturated carbocycles. The van der Waals surface area contributed by atoms with Crippen molar-refractivity contribution in [3.05, 3.63) is 18.5 Å². The van der Waals surface area contributed by atoms with Crippen molar-refractivity contribution in [2.24, 2.45) is 0 Å². The molecule has 1 saturated heterocycles. The van der Waals surface area contributed by atoms with Crippen molar-refractivity contribution in [2.45, 2.75) is 24.7 Å². The second kappa shape index (κ2) is 5.20. The molecule has 2 heterocycles. The number of aliphatic hydroxyl groups excluding tert-OH is 2. The highest BCUT2D eigenvalue weighted by atomic mass is 16.5. The van der Waals surface area contributed by atoms with E-state index in [1.165, 1.54) is 12.4 Å². The Labute approximate surface area is 92.8 Å². The van der Waals surface area contributed by atoms with Crippen LogP contribution >= 0.6 is 0 Å². The molecule has 1 fully saturated rings. The summed E-state index contributed by atoms with van der Waals surface area (Å²) in [4.78, 5) is 0. The van der Waals surface area contributed by atoms with Crippen LogP contribution in [0.4, 0.5) is 0 Å². The zero-order valence-corrected chi connectivity index (χ0v) is 8.69.